The minimum Gasteiger partial charge on any atom is -0.390 e. The Bertz CT molecular complexity index is 1160. The van der Waals surface area contributed by atoms with Crippen LogP contribution in [0.5, 0.6) is 0 Å². The SMILES string of the molecule is Cc1ncc(NC(=O)c2cccc(C(F)(F)F)c2)cc1-c1ccc(C(=N)CO)c(N)n1. The van der Waals surface area contributed by atoms with Crippen LogP contribution in [0.3, 0.4) is 0 Å². The molecule has 10 heteroatoms. The van der Waals surface area contributed by atoms with Gasteiger partial charge in [0.1, 0.15) is 5.82 Å². The number of rotatable bonds is 5. The Kier molecular flexibility index (Phi) is 6.02. The molecule has 0 aliphatic carbocycles. The quantitative estimate of drug-likeness (QED) is 0.461. The molecule has 2 aromatic heterocycles. The van der Waals surface area contributed by atoms with Crippen LogP contribution < -0.4 is 11.1 Å². The van der Waals surface area contributed by atoms with E-state index >= 15 is 0 Å². The molecular formula is C21H18F3N5O2. The number of nitrogens with two attached hydrogens (primary N) is 1. The summed E-state index contributed by atoms with van der Waals surface area (Å²) in [4.78, 5) is 20.9. The van der Waals surface area contributed by atoms with Crippen LogP contribution in [0.1, 0.15) is 27.2 Å². The number of anilines is 2. The van der Waals surface area contributed by atoms with Gasteiger partial charge in [-0.3, -0.25) is 9.78 Å². The molecule has 0 bridgehead atoms. The molecule has 7 nitrogen and oxygen atoms in total. The molecule has 160 valence electrons. The van der Waals surface area contributed by atoms with Crippen molar-refractivity contribution in [1.82, 2.24) is 9.97 Å². The van der Waals surface area contributed by atoms with Crippen LogP contribution in [0.4, 0.5) is 24.7 Å². The number of hydrogen-bond donors (Lipinski definition) is 4. The molecule has 1 aromatic carbocycles. The number of pyridine rings is 2. The minimum absolute atomic E-state index is 0.0503. The zero-order chi connectivity index (χ0) is 22.8. The van der Waals surface area contributed by atoms with Crippen molar-refractivity contribution in [3.05, 3.63) is 71.0 Å². The number of aryl methyl sites for hydroxylation is 1. The minimum atomic E-state index is -4.56. The molecule has 0 atom stereocenters. The zero-order valence-corrected chi connectivity index (χ0v) is 16.3. The number of nitrogen functional groups attached to an aromatic ring is 1. The highest BCUT2D eigenvalue weighted by molar-refractivity contribution is 6.05. The molecule has 0 unspecified atom stereocenters. The Morgan fingerprint density at radius 3 is 2.61 bits per heavy atom. The van der Waals surface area contributed by atoms with Crippen molar-refractivity contribution in [2.45, 2.75) is 13.1 Å². The lowest BCUT2D eigenvalue weighted by molar-refractivity contribution is -0.137. The van der Waals surface area contributed by atoms with Crippen LogP contribution in [-0.2, 0) is 6.18 Å². The Balaban J connectivity index is 1.89. The Hall–Kier alpha value is -3.79. The second-order valence-corrected chi connectivity index (χ2v) is 6.66. The van der Waals surface area contributed by atoms with E-state index in [1.165, 1.54) is 12.3 Å². The van der Waals surface area contributed by atoms with Gasteiger partial charge in [-0.25, -0.2) is 4.98 Å². The first kappa shape index (κ1) is 21.9. The number of nitrogens with zero attached hydrogens (tertiary/aromatic N) is 2. The fraction of sp³-hybridized carbons (Fsp3) is 0.143. The molecule has 0 aliphatic heterocycles. The molecule has 31 heavy (non-hydrogen) atoms. The van der Waals surface area contributed by atoms with Gasteiger partial charge in [-0.2, -0.15) is 13.2 Å². The van der Waals surface area contributed by atoms with Gasteiger partial charge in [0.25, 0.3) is 5.91 Å². The zero-order valence-electron chi connectivity index (χ0n) is 16.3. The Morgan fingerprint density at radius 2 is 1.97 bits per heavy atom. The molecule has 3 aromatic rings. The molecule has 1 amide bonds. The number of aromatic nitrogens is 2. The number of hydrogen-bond acceptors (Lipinski definition) is 6. The van der Waals surface area contributed by atoms with Crippen molar-refractivity contribution in [2.75, 3.05) is 17.7 Å². The molecule has 0 radical (unpaired) electrons. The average Bonchev–Trinajstić information content (AvgIpc) is 2.74. The number of aliphatic hydroxyl groups excluding tert-OH is 1. The van der Waals surface area contributed by atoms with E-state index in [-0.39, 0.29) is 22.8 Å². The number of benzene rings is 1. The fourth-order valence-corrected chi connectivity index (χ4v) is 2.87. The summed E-state index contributed by atoms with van der Waals surface area (Å²) in [5, 5.41) is 19.3. The molecule has 0 saturated carbocycles. The molecule has 2 heterocycles. The second-order valence-electron chi connectivity index (χ2n) is 6.66. The van der Waals surface area contributed by atoms with E-state index in [9.17, 15) is 18.0 Å². The number of halogens is 3. The summed E-state index contributed by atoms with van der Waals surface area (Å²) in [5.41, 5.74) is 6.84. The number of alkyl halides is 3. The highest BCUT2D eigenvalue weighted by atomic mass is 19.4. The maximum absolute atomic E-state index is 12.9. The van der Waals surface area contributed by atoms with Gasteiger partial charge in [0.2, 0.25) is 0 Å². The normalized spacial score (nSPS) is 11.3. The largest absolute Gasteiger partial charge is 0.416 e. The van der Waals surface area contributed by atoms with Crippen molar-refractivity contribution in [2.24, 2.45) is 0 Å². The first-order valence-corrected chi connectivity index (χ1v) is 9.01. The number of carbonyl (C=O) groups is 1. The third kappa shape index (κ3) is 4.86. The van der Waals surface area contributed by atoms with Crippen molar-refractivity contribution in [3.8, 4) is 11.3 Å². The van der Waals surface area contributed by atoms with Crippen LogP contribution in [0, 0.1) is 12.3 Å². The van der Waals surface area contributed by atoms with Crippen LogP contribution in [0.25, 0.3) is 11.3 Å². The lowest BCUT2D eigenvalue weighted by Gasteiger charge is -2.12. The number of aliphatic hydroxyl groups is 1. The number of carbonyl (C=O) groups excluding carboxylic acids is 1. The van der Waals surface area contributed by atoms with Gasteiger partial charge in [-0.1, -0.05) is 6.07 Å². The standard InChI is InChI=1S/C21H18F3N5O2/c1-11-16(18-6-5-15(17(25)10-30)19(26)29-18)8-14(9-27-11)28-20(31)12-3-2-4-13(7-12)21(22,23)24/h2-9,25,30H,10H2,1H3,(H2,26,29)(H,28,31). The molecule has 0 aliphatic rings. The topological polar surface area (TPSA) is 125 Å². The van der Waals surface area contributed by atoms with Crippen molar-refractivity contribution in [3.63, 3.8) is 0 Å². The smallest absolute Gasteiger partial charge is 0.390 e. The molecule has 0 saturated heterocycles. The lowest BCUT2D eigenvalue weighted by Crippen LogP contribution is -2.14. The predicted molar refractivity (Wildman–Crippen MR) is 110 cm³/mol. The first-order chi connectivity index (χ1) is 14.6. The Morgan fingerprint density at radius 1 is 1.23 bits per heavy atom. The first-order valence-electron chi connectivity index (χ1n) is 9.01. The average molecular weight is 429 g/mol. The molecular weight excluding hydrogens is 411 g/mol. The van der Waals surface area contributed by atoms with Gasteiger partial charge in [0.05, 0.1) is 35.5 Å². The summed E-state index contributed by atoms with van der Waals surface area (Å²) in [7, 11) is 0. The maximum atomic E-state index is 12.9. The molecule has 5 N–H and O–H groups in total. The summed E-state index contributed by atoms with van der Waals surface area (Å²) < 4.78 is 38.7. The van der Waals surface area contributed by atoms with E-state index < -0.39 is 24.3 Å². The summed E-state index contributed by atoms with van der Waals surface area (Å²) >= 11 is 0. The van der Waals surface area contributed by atoms with E-state index in [0.29, 0.717) is 22.5 Å². The van der Waals surface area contributed by atoms with Gasteiger partial charge < -0.3 is 21.6 Å². The van der Waals surface area contributed by atoms with Crippen molar-refractivity contribution in [1.29, 1.82) is 5.41 Å². The fourth-order valence-electron chi connectivity index (χ4n) is 2.87. The van der Waals surface area contributed by atoms with E-state index in [4.69, 9.17) is 16.2 Å². The van der Waals surface area contributed by atoms with E-state index in [2.05, 4.69) is 15.3 Å². The van der Waals surface area contributed by atoms with Gasteiger partial charge in [-0.05, 0) is 43.3 Å². The summed E-state index contributed by atoms with van der Waals surface area (Å²) in [6, 6.07) is 8.82. The van der Waals surface area contributed by atoms with E-state index in [1.54, 1.807) is 25.1 Å². The molecule has 0 fully saturated rings. The molecule has 0 spiro atoms. The van der Waals surface area contributed by atoms with Crippen molar-refractivity contribution < 1.29 is 23.1 Å². The summed E-state index contributed by atoms with van der Waals surface area (Å²) in [6.07, 6.45) is -3.18. The van der Waals surface area contributed by atoms with Gasteiger partial charge >= 0.3 is 6.18 Å². The van der Waals surface area contributed by atoms with E-state index in [1.807, 2.05) is 0 Å². The van der Waals surface area contributed by atoms with Gasteiger partial charge in [-0.15, -0.1) is 0 Å². The van der Waals surface area contributed by atoms with Gasteiger partial charge in [0, 0.05) is 22.4 Å². The van der Waals surface area contributed by atoms with Crippen LogP contribution >= 0.6 is 0 Å². The third-order valence-electron chi connectivity index (χ3n) is 4.48. The summed E-state index contributed by atoms with van der Waals surface area (Å²) in [6.45, 7) is 1.23. The van der Waals surface area contributed by atoms with Crippen molar-refractivity contribution >= 4 is 23.1 Å². The molecule has 3 rings (SSSR count). The van der Waals surface area contributed by atoms with E-state index in [0.717, 1.165) is 18.2 Å². The highest BCUT2D eigenvalue weighted by Gasteiger charge is 2.30. The second kappa shape index (κ2) is 8.52. The lowest BCUT2D eigenvalue weighted by atomic mass is 10.1. The van der Waals surface area contributed by atoms with Crippen LogP contribution in [0.2, 0.25) is 0 Å². The number of nitrogens with one attached hydrogen (secondary N) is 2. The monoisotopic (exact) mass is 429 g/mol. The van der Waals surface area contributed by atoms with Crippen LogP contribution in [0.15, 0.2) is 48.7 Å². The van der Waals surface area contributed by atoms with Gasteiger partial charge in [0.15, 0.2) is 0 Å². The highest BCUT2D eigenvalue weighted by Crippen LogP contribution is 2.30. The summed E-state index contributed by atoms with van der Waals surface area (Å²) in [5.74, 6) is -0.670. The Labute approximate surface area is 175 Å². The number of amides is 1. The maximum Gasteiger partial charge on any atom is 0.416 e. The third-order valence-corrected chi connectivity index (χ3v) is 4.48. The predicted octanol–water partition coefficient (Wildman–Crippen LogP) is 3.67. The van der Waals surface area contributed by atoms with Crippen LogP contribution in [-0.4, -0.2) is 33.3 Å².